The van der Waals surface area contributed by atoms with Gasteiger partial charge < -0.3 is 0 Å². The van der Waals surface area contributed by atoms with Crippen LogP contribution in [-0.2, 0) is 10.0 Å². The summed E-state index contributed by atoms with van der Waals surface area (Å²) < 4.78 is 26.2. The molecule has 5 heteroatoms. The van der Waals surface area contributed by atoms with Gasteiger partial charge in [-0.15, -0.1) is 0 Å². The van der Waals surface area contributed by atoms with Crippen LogP contribution in [0.25, 0.3) is 0 Å². The van der Waals surface area contributed by atoms with Gasteiger partial charge in [-0.25, -0.2) is 12.7 Å². The summed E-state index contributed by atoms with van der Waals surface area (Å²) in [5.41, 5.74) is 0.305. The molecule has 0 aliphatic carbocycles. The van der Waals surface area contributed by atoms with Crippen LogP contribution in [0.15, 0.2) is 0 Å². The molecule has 17 heavy (non-hydrogen) atoms. The van der Waals surface area contributed by atoms with Crippen molar-refractivity contribution < 1.29 is 8.42 Å². The average molecular weight is 260 g/mol. The molecular formula is C12H24N2O2S. The summed E-state index contributed by atoms with van der Waals surface area (Å²) in [5, 5.41) is 0. The molecule has 0 N–H and O–H groups in total. The van der Waals surface area contributed by atoms with Crippen LogP contribution in [0.3, 0.4) is 0 Å². The topological polar surface area (TPSA) is 40.6 Å². The quantitative estimate of drug-likeness (QED) is 0.772. The highest BCUT2D eigenvalue weighted by Gasteiger charge is 2.32. The number of likely N-dealkylation sites (tertiary alicyclic amines) is 1. The van der Waals surface area contributed by atoms with E-state index in [0.717, 1.165) is 38.8 Å². The average Bonchev–Trinajstić information content (AvgIpc) is 2.68. The predicted molar refractivity (Wildman–Crippen MR) is 69.2 cm³/mol. The van der Waals surface area contributed by atoms with Gasteiger partial charge in [-0.2, -0.15) is 0 Å². The highest BCUT2D eigenvalue weighted by Crippen LogP contribution is 2.31. The highest BCUT2D eigenvalue weighted by atomic mass is 32.2. The van der Waals surface area contributed by atoms with Gasteiger partial charge in [0.2, 0.25) is 10.0 Å². The SMILES string of the molecule is CC1(C)CCN(S(=O)(=O)CN2CCCC2)CC1. The van der Waals surface area contributed by atoms with Gasteiger partial charge in [0.1, 0.15) is 5.88 Å². The van der Waals surface area contributed by atoms with Crippen LogP contribution >= 0.6 is 0 Å². The number of hydrogen-bond acceptors (Lipinski definition) is 3. The van der Waals surface area contributed by atoms with Crippen LogP contribution in [0.1, 0.15) is 39.5 Å². The van der Waals surface area contributed by atoms with E-state index in [1.807, 2.05) is 0 Å². The number of nitrogens with zero attached hydrogens (tertiary/aromatic N) is 2. The van der Waals surface area contributed by atoms with E-state index in [4.69, 9.17) is 0 Å². The van der Waals surface area contributed by atoms with Crippen LogP contribution in [0, 0.1) is 5.41 Å². The maximum atomic E-state index is 12.2. The Morgan fingerprint density at radius 1 is 1.00 bits per heavy atom. The van der Waals surface area contributed by atoms with Crippen molar-refractivity contribution in [1.29, 1.82) is 0 Å². The fourth-order valence-electron chi connectivity index (χ4n) is 2.59. The van der Waals surface area contributed by atoms with E-state index in [9.17, 15) is 8.42 Å². The largest absolute Gasteiger partial charge is 0.289 e. The van der Waals surface area contributed by atoms with Crippen molar-refractivity contribution in [1.82, 2.24) is 9.21 Å². The summed E-state index contributed by atoms with van der Waals surface area (Å²) in [5.74, 6) is 0.230. The third-order valence-corrected chi connectivity index (χ3v) is 5.86. The van der Waals surface area contributed by atoms with E-state index in [2.05, 4.69) is 18.7 Å². The number of sulfonamides is 1. The van der Waals surface area contributed by atoms with Crippen LogP contribution < -0.4 is 0 Å². The monoisotopic (exact) mass is 260 g/mol. The molecule has 0 saturated carbocycles. The third-order valence-electron chi connectivity index (χ3n) is 4.01. The highest BCUT2D eigenvalue weighted by molar-refractivity contribution is 7.89. The van der Waals surface area contributed by atoms with Crippen molar-refractivity contribution in [3.63, 3.8) is 0 Å². The fraction of sp³-hybridized carbons (Fsp3) is 1.00. The number of rotatable bonds is 3. The Balaban J connectivity index is 1.92. The zero-order valence-corrected chi connectivity index (χ0v) is 11.8. The normalized spacial score (nSPS) is 27.4. The Bertz CT molecular complexity index is 349. The predicted octanol–water partition coefficient (Wildman–Crippen LogP) is 1.49. The minimum Gasteiger partial charge on any atom is -0.289 e. The molecule has 0 aromatic rings. The first-order valence-electron chi connectivity index (χ1n) is 6.59. The summed E-state index contributed by atoms with van der Waals surface area (Å²) in [6.07, 6.45) is 4.24. The summed E-state index contributed by atoms with van der Waals surface area (Å²) in [6, 6.07) is 0. The second-order valence-electron chi connectivity index (χ2n) is 6.13. The van der Waals surface area contributed by atoms with Gasteiger partial charge in [0.25, 0.3) is 0 Å². The molecule has 0 atom stereocenters. The summed E-state index contributed by atoms with van der Waals surface area (Å²) >= 11 is 0. The van der Waals surface area contributed by atoms with Crippen molar-refractivity contribution in [2.45, 2.75) is 39.5 Å². The molecule has 2 saturated heterocycles. The molecule has 2 heterocycles. The molecule has 0 aromatic heterocycles. The van der Waals surface area contributed by atoms with Crippen LogP contribution in [0.2, 0.25) is 0 Å². The Hall–Kier alpha value is -0.130. The zero-order valence-electron chi connectivity index (χ0n) is 11.0. The maximum Gasteiger partial charge on any atom is 0.227 e. The van der Waals surface area contributed by atoms with Gasteiger partial charge >= 0.3 is 0 Å². The molecule has 2 aliphatic rings. The van der Waals surface area contributed by atoms with E-state index in [-0.39, 0.29) is 5.88 Å². The lowest BCUT2D eigenvalue weighted by Gasteiger charge is -2.36. The third kappa shape index (κ3) is 3.42. The van der Waals surface area contributed by atoms with Gasteiger partial charge in [-0.1, -0.05) is 13.8 Å². The van der Waals surface area contributed by atoms with E-state index in [1.165, 1.54) is 0 Å². The van der Waals surface area contributed by atoms with E-state index in [0.29, 0.717) is 18.5 Å². The van der Waals surface area contributed by atoms with Crippen molar-refractivity contribution in [2.24, 2.45) is 5.41 Å². The first-order chi connectivity index (χ1) is 7.89. The van der Waals surface area contributed by atoms with Gasteiger partial charge in [0.15, 0.2) is 0 Å². The fourth-order valence-corrected chi connectivity index (χ4v) is 4.22. The molecule has 0 aromatic carbocycles. The van der Waals surface area contributed by atoms with Gasteiger partial charge in [-0.3, -0.25) is 4.90 Å². The van der Waals surface area contributed by atoms with Gasteiger partial charge in [0.05, 0.1) is 0 Å². The molecule has 0 unspecified atom stereocenters. The van der Waals surface area contributed by atoms with E-state index >= 15 is 0 Å². The van der Waals surface area contributed by atoms with Crippen LogP contribution in [0.5, 0.6) is 0 Å². The molecule has 0 radical (unpaired) electrons. The lowest BCUT2D eigenvalue weighted by molar-refractivity contribution is 0.193. The minimum atomic E-state index is -3.06. The van der Waals surface area contributed by atoms with Crippen LogP contribution in [0.4, 0.5) is 0 Å². The first-order valence-corrected chi connectivity index (χ1v) is 8.20. The van der Waals surface area contributed by atoms with Crippen molar-refractivity contribution in [2.75, 3.05) is 32.1 Å². The maximum absolute atomic E-state index is 12.2. The Labute approximate surface area is 105 Å². The Morgan fingerprint density at radius 3 is 2.06 bits per heavy atom. The first kappa shape index (κ1) is 13.3. The molecule has 0 spiro atoms. The zero-order chi connectivity index (χ0) is 12.5. The lowest BCUT2D eigenvalue weighted by Crippen LogP contribution is -2.44. The Morgan fingerprint density at radius 2 is 1.53 bits per heavy atom. The molecular weight excluding hydrogens is 236 g/mol. The minimum absolute atomic E-state index is 0.230. The summed E-state index contributed by atoms with van der Waals surface area (Å²) in [4.78, 5) is 2.06. The lowest BCUT2D eigenvalue weighted by atomic mass is 9.83. The second kappa shape index (κ2) is 4.86. The smallest absolute Gasteiger partial charge is 0.227 e. The van der Waals surface area contributed by atoms with Gasteiger partial charge in [-0.05, 0) is 44.2 Å². The Kier molecular flexibility index (Phi) is 3.80. The molecule has 0 amide bonds. The number of hydrogen-bond donors (Lipinski definition) is 0. The number of piperidine rings is 1. The summed E-state index contributed by atoms with van der Waals surface area (Å²) in [7, 11) is -3.06. The molecule has 4 nitrogen and oxygen atoms in total. The van der Waals surface area contributed by atoms with Crippen molar-refractivity contribution in [3.05, 3.63) is 0 Å². The van der Waals surface area contributed by atoms with Crippen molar-refractivity contribution >= 4 is 10.0 Å². The van der Waals surface area contributed by atoms with Gasteiger partial charge in [0, 0.05) is 13.1 Å². The molecule has 2 rings (SSSR count). The second-order valence-corrected chi connectivity index (χ2v) is 8.07. The van der Waals surface area contributed by atoms with Crippen LogP contribution in [-0.4, -0.2) is 49.7 Å². The molecule has 2 fully saturated rings. The van der Waals surface area contributed by atoms with E-state index < -0.39 is 10.0 Å². The molecule has 100 valence electrons. The molecule has 0 bridgehead atoms. The standard InChI is InChI=1S/C12H24N2O2S/c1-12(2)5-9-14(10-6-12)17(15,16)11-13-7-3-4-8-13/h3-11H2,1-2H3. The van der Waals surface area contributed by atoms with Crippen molar-refractivity contribution in [3.8, 4) is 0 Å². The van der Waals surface area contributed by atoms with E-state index in [1.54, 1.807) is 4.31 Å². The molecule has 2 aliphatic heterocycles. The summed E-state index contributed by atoms with van der Waals surface area (Å²) in [6.45, 7) is 7.72.